The van der Waals surface area contributed by atoms with Gasteiger partial charge in [0, 0.05) is 26.2 Å². The first-order valence-electron chi connectivity index (χ1n) is 2.94. The predicted molar refractivity (Wildman–Crippen MR) is 35.7 cm³/mol. The molecule has 4 heteroatoms. The molecule has 0 aromatic rings. The van der Waals surface area contributed by atoms with E-state index in [1.54, 1.807) is 4.90 Å². The monoisotopic (exact) mass is 131 g/mol. The first kappa shape index (κ1) is 8.39. The molecule has 0 unspecified atom stereocenters. The van der Waals surface area contributed by atoms with Crippen LogP contribution in [0.25, 0.3) is 0 Å². The minimum atomic E-state index is 0.499. The summed E-state index contributed by atoms with van der Waals surface area (Å²) in [5.74, 6) is 0. The second kappa shape index (κ2) is 5.53. The zero-order chi connectivity index (χ0) is 7.11. The molecule has 0 spiro atoms. The van der Waals surface area contributed by atoms with Gasteiger partial charge in [0.05, 0.1) is 0 Å². The summed E-state index contributed by atoms with van der Waals surface area (Å²) in [6, 6.07) is 0. The third kappa shape index (κ3) is 3.93. The summed E-state index contributed by atoms with van der Waals surface area (Å²) in [5.41, 5.74) is 10.4. The molecule has 4 nitrogen and oxygen atoms in total. The minimum absolute atomic E-state index is 0.499. The molecule has 0 aromatic carbocycles. The number of carbonyl (C=O) groups is 1. The molecule has 0 aliphatic carbocycles. The van der Waals surface area contributed by atoms with Crippen LogP contribution in [0, 0.1) is 0 Å². The van der Waals surface area contributed by atoms with Gasteiger partial charge in [-0.2, -0.15) is 0 Å². The molecule has 0 rings (SSSR count). The molecular formula is C5H13N3O. The largest absolute Gasteiger partial charge is 0.343 e. The van der Waals surface area contributed by atoms with Crippen LogP contribution in [0.1, 0.15) is 0 Å². The van der Waals surface area contributed by atoms with Crippen LogP contribution in [-0.4, -0.2) is 37.5 Å². The first-order valence-corrected chi connectivity index (χ1v) is 2.94. The highest BCUT2D eigenvalue weighted by Gasteiger charge is 1.94. The van der Waals surface area contributed by atoms with E-state index in [2.05, 4.69) is 0 Å². The number of hydrogen-bond acceptors (Lipinski definition) is 3. The quantitative estimate of drug-likeness (QED) is 0.440. The smallest absolute Gasteiger partial charge is 0.209 e. The van der Waals surface area contributed by atoms with E-state index in [1.807, 2.05) is 0 Å². The van der Waals surface area contributed by atoms with Gasteiger partial charge in [0.15, 0.2) is 0 Å². The number of rotatable bonds is 5. The van der Waals surface area contributed by atoms with Gasteiger partial charge in [0.1, 0.15) is 0 Å². The Bertz CT molecular complexity index is 70.6. The van der Waals surface area contributed by atoms with Crippen LogP contribution in [0.2, 0.25) is 0 Å². The molecule has 4 N–H and O–H groups in total. The Balaban J connectivity index is 3.29. The van der Waals surface area contributed by atoms with Crippen molar-refractivity contribution in [2.75, 3.05) is 26.2 Å². The number of hydrogen-bond donors (Lipinski definition) is 2. The van der Waals surface area contributed by atoms with Crippen molar-refractivity contribution in [2.45, 2.75) is 0 Å². The average Bonchev–Trinajstić information content (AvgIpc) is 1.88. The van der Waals surface area contributed by atoms with Crippen LogP contribution < -0.4 is 11.5 Å². The zero-order valence-corrected chi connectivity index (χ0v) is 5.42. The summed E-state index contributed by atoms with van der Waals surface area (Å²) in [5, 5.41) is 0. The molecule has 0 atom stereocenters. The summed E-state index contributed by atoms with van der Waals surface area (Å²) in [4.78, 5) is 11.7. The Morgan fingerprint density at radius 1 is 1.22 bits per heavy atom. The molecule has 0 heterocycles. The fourth-order valence-corrected chi connectivity index (χ4v) is 0.549. The van der Waals surface area contributed by atoms with Crippen LogP contribution in [0.4, 0.5) is 0 Å². The van der Waals surface area contributed by atoms with Crippen molar-refractivity contribution in [1.82, 2.24) is 4.90 Å². The summed E-state index contributed by atoms with van der Waals surface area (Å²) in [7, 11) is 0. The van der Waals surface area contributed by atoms with Gasteiger partial charge in [0.25, 0.3) is 0 Å². The molecule has 0 aromatic heterocycles. The lowest BCUT2D eigenvalue weighted by Crippen LogP contribution is -2.32. The molecule has 0 radical (unpaired) electrons. The SMILES string of the molecule is NCCN(C=O)CCN. The summed E-state index contributed by atoms with van der Waals surface area (Å²) in [6.07, 6.45) is 0.764. The lowest BCUT2D eigenvalue weighted by molar-refractivity contribution is -0.117. The average molecular weight is 131 g/mol. The van der Waals surface area contributed by atoms with Gasteiger partial charge in [-0.05, 0) is 0 Å². The van der Waals surface area contributed by atoms with Crippen molar-refractivity contribution < 1.29 is 4.79 Å². The van der Waals surface area contributed by atoms with Crippen LogP contribution >= 0.6 is 0 Å². The maximum atomic E-state index is 10.1. The van der Waals surface area contributed by atoms with E-state index in [1.165, 1.54) is 0 Å². The first-order chi connectivity index (χ1) is 4.35. The van der Waals surface area contributed by atoms with Crippen molar-refractivity contribution in [3.8, 4) is 0 Å². The lowest BCUT2D eigenvalue weighted by Gasteiger charge is -2.13. The molecule has 1 amide bonds. The topological polar surface area (TPSA) is 72.3 Å². The van der Waals surface area contributed by atoms with Crippen LogP contribution in [-0.2, 0) is 4.79 Å². The van der Waals surface area contributed by atoms with Crippen molar-refractivity contribution in [3.05, 3.63) is 0 Å². The molecule has 0 saturated carbocycles. The summed E-state index contributed by atoms with van der Waals surface area (Å²) >= 11 is 0. The molecule has 0 fully saturated rings. The van der Waals surface area contributed by atoms with E-state index in [0.29, 0.717) is 26.2 Å². The summed E-state index contributed by atoms with van der Waals surface area (Å²) in [6.45, 7) is 2.19. The van der Waals surface area contributed by atoms with Crippen molar-refractivity contribution in [2.24, 2.45) is 11.5 Å². The standard InChI is InChI=1S/C5H13N3O/c6-1-3-8(5-9)4-2-7/h5H,1-4,6-7H2. The Kier molecular flexibility index (Phi) is 5.15. The Morgan fingerprint density at radius 2 is 1.67 bits per heavy atom. The second-order valence-electron chi connectivity index (χ2n) is 1.72. The van der Waals surface area contributed by atoms with Crippen molar-refractivity contribution in [1.29, 1.82) is 0 Å². The van der Waals surface area contributed by atoms with Gasteiger partial charge in [-0.1, -0.05) is 0 Å². The van der Waals surface area contributed by atoms with E-state index >= 15 is 0 Å². The van der Waals surface area contributed by atoms with Crippen LogP contribution in [0.5, 0.6) is 0 Å². The highest BCUT2D eigenvalue weighted by molar-refractivity contribution is 5.46. The van der Waals surface area contributed by atoms with Crippen molar-refractivity contribution >= 4 is 6.41 Å². The fraction of sp³-hybridized carbons (Fsp3) is 0.800. The van der Waals surface area contributed by atoms with Gasteiger partial charge in [0.2, 0.25) is 6.41 Å². The Morgan fingerprint density at radius 3 is 1.89 bits per heavy atom. The van der Waals surface area contributed by atoms with Crippen LogP contribution in [0.3, 0.4) is 0 Å². The number of amides is 1. The molecule has 54 valence electrons. The summed E-state index contributed by atoms with van der Waals surface area (Å²) < 4.78 is 0. The van der Waals surface area contributed by atoms with Crippen molar-refractivity contribution in [3.63, 3.8) is 0 Å². The van der Waals surface area contributed by atoms with Gasteiger partial charge in [-0.15, -0.1) is 0 Å². The number of nitrogens with two attached hydrogens (primary N) is 2. The Labute approximate surface area is 54.8 Å². The van der Waals surface area contributed by atoms with Gasteiger partial charge >= 0.3 is 0 Å². The predicted octanol–water partition coefficient (Wildman–Crippen LogP) is -1.64. The third-order valence-corrected chi connectivity index (χ3v) is 0.982. The second-order valence-corrected chi connectivity index (χ2v) is 1.72. The number of carbonyl (C=O) groups excluding carboxylic acids is 1. The molecule has 9 heavy (non-hydrogen) atoms. The number of nitrogens with zero attached hydrogens (tertiary/aromatic N) is 1. The van der Waals surface area contributed by atoms with Gasteiger partial charge in [-0.3, -0.25) is 4.79 Å². The van der Waals surface area contributed by atoms with Gasteiger partial charge < -0.3 is 16.4 Å². The molecular weight excluding hydrogens is 118 g/mol. The Hall–Kier alpha value is -0.610. The lowest BCUT2D eigenvalue weighted by atomic mass is 10.5. The highest BCUT2D eigenvalue weighted by Crippen LogP contribution is 1.76. The molecule has 0 bridgehead atoms. The maximum Gasteiger partial charge on any atom is 0.209 e. The molecule has 0 aliphatic heterocycles. The van der Waals surface area contributed by atoms with E-state index in [4.69, 9.17) is 11.5 Å². The van der Waals surface area contributed by atoms with E-state index in [-0.39, 0.29) is 0 Å². The van der Waals surface area contributed by atoms with E-state index in [0.717, 1.165) is 6.41 Å². The highest BCUT2D eigenvalue weighted by atomic mass is 16.1. The molecule has 0 aliphatic rings. The minimum Gasteiger partial charge on any atom is -0.343 e. The molecule has 0 saturated heterocycles. The van der Waals surface area contributed by atoms with Crippen LogP contribution in [0.15, 0.2) is 0 Å². The normalized spacial score (nSPS) is 9.11. The van der Waals surface area contributed by atoms with E-state index < -0.39 is 0 Å². The maximum absolute atomic E-state index is 10.1. The van der Waals surface area contributed by atoms with Gasteiger partial charge in [-0.25, -0.2) is 0 Å². The zero-order valence-electron chi connectivity index (χ0n) is 5.42. The fourth-order valence-electron chi connectivity index (χ4n) is 0.549. The van der Waals surface area contributed by atoms with E-state index in [9.17, 15) is 4.79 Å². The third-order valence-electron chi connectivity index (χ3n) is 0.982.